The first-order chi connectivity index (χ1) is 17.9. The summed E-state index contributed by atoms with van der Waals surface area (Å²) >= 11 is 0. The van der Waals surface area contributed by atoms with Crippen molar-refractivity contribution in [3.05, 3.63) is 12.3 Å². The molecule has 0 aliphatic rings. The summed E-state index contributed by atoms with van der Waals surface area (Å²) in [6, 6.07) is -1.64. The summed E-state index contributed by atoms with van der Waals surface area (Å²) in [6.45, 7) is 19.4. The van der Waals surface area contributed by atoms with Gasteiger partial charge < -0.3 is 31.7 Å². The lowest BCUT2D eigenvalue weighted by molar-refractivity contribution is -0.137. The first-order valence-corrected chi connectivity index (χ1v) is 14.1. The van der Waals surface area contributed by atoms with E-state index < -0.39 is 24.0 Å². The molecule has 0 aromatic rings. The molecule has 0 radical (unpaired) electrons. The monoisotopic (exact) mass is 539 g/mol. The molecule has 0 aromatic heterocycles. The second-order valence-electron chi connectivity index (χ2n) is 10.5. The maximum atomic E-state index is 13.3. The Bertz CT molecular complexity index is 758. The van der Waals surface area contributed by atoms with Crippen LogP contribution in [0.1, 0.15) is 93.4 Å². The standard InChI is InChI=1S/C28H53N5O5/c1-9-13-23(27(37)31-22(16-18(4)5)17-30-21(8)20(7)29-11-3)32-28(38)26(19(6)10-2)33-24(34)14-12-15-25(35)36/h18-19,21-23,26,29-30H,7,9-17H2,1-6,8H3,(H,31,37)(H,32,38)(H,33,34)(H,35,36)/t19?,21-,22?,23-,26-/m0/s1. The fourth-order valence-corrected chi connectivity index (χ4v) is 4.05. The van der Waals surface area contributed by atoms with Gasteiger partial charge in [-0.15, -0.1) is 0 Å². The molecule has 0 heterocycles. The largest absolute Gasteiger partial charge is 0.481 e. The maximum Gasteiger partial charge on any atom is 0.303 e. The van der Waals surface area contributed by atoms with Gasteiger partial charge in [-0.1, -0.05) is 54.0 Å². The van der Waals surface area contributed by atoms with Gasteiger partial charge in [0.1, 0.15) is 12.1 Å². The summed E-state index contributed by atoms with van der Waals surface area (Å²) in [4.78, 5) is 49.7. The Labute approximate surface area is 229 Å². The molecule has 3 amide bonds. The number of nitrogens with one attached hydrogen (secondary N) is 5. The number of likely N-dealkylation sites (N-methyl/N-ethyl adjacent to an activating group) is 1. The lowest BCUT2D eigenvalue weighted by Crippen LogP contribution is -2.57. The Balaban J connectivity index is 5.37. The predicted octanol–water partition coefficient (Wildman–Crippen LogP) is 2.69. The molecule has 0 saturated carbocycles. The predicted molar refractivity (Wildman–Crippen MR) is 151 cm³/mol. The highest BCUT2D eigenvalue weighted by Gasteiger charge is 2.30. The third-order valence-electron chi connectivity index (χ3n) is 6.52. The number of carbonyl (C=O) groups is 4. The SMILES string of the molecule is C=C(NCC)[C@H](C)NCC(CC(C)C)NC(=O)[C@H](CCC)NC(=O)[C@@H](NC(=O)CCCC(=O)O)C(C)CC. The van der Waals surface area contributed by atoms with E-state index in [2.05, 4.69) is 47.0 Å². The van der Waals surface area contributed by atoms with Crippen molar-refractivity contribution < 1.29 is 24.3 Å². The van der Waals surface area contributed by atoms with Crippen molar-refractivity contribution in [2.75, 3.05) is 13.1 Å². The third-order valence-corrected chi connectivity index (χ3v) is 6.52. The topological polar surface area (TPSA) is 149 Å². The first kappa shape index (κ1) is 35.4. The van der Waals surface area contributed by atoms with Crippen LogP contribution in [0.15, 0.2) is 12.3 Å². The van der Waals surface area contributed by atoms with Crippen molar-refractivity contribution in [3.8, 4) is 0 Å². The van der Waals surface area contributed by atoms with Crippen LogP contribution in [0.5, 0.6) is 0 Å². The van der Waals surface area contributed by atoms with E-state index in [9.17, 15) is 19.2 Å². The number of carboxylic acids is 1. The molecule has 6 N–H and O–H groups in total. The van der Waals surface area contributed by atoms with E-state index in [1.807, 2.05) is 34.6 Å². The number of aliphatic carboxylic acids is 1. The average Bonchev–Trinajstić information content (AvgIpc) is 2.84. The summed E-state index contributed by atoms with van der Waals surface area (Å²) < 4.78 is 0. The molecule has 0 rings (SSSR count). The van der Waals surface area contributed by atoms with Crippen LogP contribution in [0, 0.1) is 11.8 Å². The van der Waals surface area contributed by atoms with Gasteiger partial charge in [0, 0.05) is 43.7 Å². The van der Waals surface area contributed by atoms with Crippen LogP contribution in [0.2, 0.25) is 0 Å². The van der Waals surface area contributed by atoms with E-state index in [-0.39, 0.29) is 49.1 Å². The van der Waals surface area contributed by atoms with Gasteiger partial charge in [0.2, 0.25) is 17.7 Å². The van der Waals surface area contributed by atoms with Crippen molar-refractivity contribution in [3.63, 3.8) is 0 Å². The molecule has 0 aliphatic carbocycles. The zero-order chi connectivity index (χ0) is 29.3. The number of hydrogen-bond acceptors (Lipinski definition) is 6. The normalized spacial score (nSPS) is 15.1. The molecule has 2 unspecified atom stereocenters. The maximum absolute atomic E-state index is 13.3. The molecule has 220 valence electrons. The van der Waals surface area contributed by atoms with E-state index in [0.717, 1.165) is 18.7 Å². The van der Waals surface area contributed by atoms with Crippen LogP contribution >= 0.6 is 0 Å². The number of amides is 3. The second-order valence-corrected chi connectivity index (χ2v) is 10.5. The van der Waals surface area contributed by atoms with Crippen LogP contribution in [-0.4, -0.2) is 66.1 Å². The second kappa shape index (κ2) is 19.4. The molecule has 10 heteroatoms. The molecular formula is C28H53N5O5. The van der Waals surface area contributed by atoms with Crippen LogP contribution in [0.4, 0.5) is 0 Å². The molecule has 0 aliphatic heterocycles. The van der Waals surface area contributed by atoms with Crippen molar-refractivity contribution in [2.24, 2.45) is 11.8 Å². The van der Waals surface area contributed by atoms with Gasteiger partial charge >= 0.3 is 5.97 Å². The van der Waals surface area contributed by atoms with E-state index in [1.165, 1.54) is 0 Å². The summed E-state index contributed by atoms with van der Waals surface area (Å²) in [5, 5.41) is 24.2. The van der Waals surface area contributed by atoms with Crippen molar-refractivity contribution in [1.82, 2.24) is 26.6 Å². The fraction of sp³-hybridized carbons (Fsp3) is 0.786. The van der Waals surface area contributed by atoms with Gasteiger partial charge in [-0.3, -0.25) is 19.2 Å². The Morgan fingerprint density at radius 3 is 2.08 bits per heavy atom. The Morgan fingerprint density at radius 2 is 1.55 bits per heavy atom. The van der Waals surface area contributed by atoms with Crippen LogP contribution in [0.3, 0.4) is 0 Å². The van der Waals surface area contributed by atoms with Crippen LogP contribution in [-0.2, 0) is 19.2 Å². The van der Waals surface area contributed by atoms with Gasteiger partial charge in [0.15, 0.2) is 0 Å². The Hall–Kier alpha value is -2.62. The van der Waals surface area contributed by atoms with E-state index in [0.29, 0.717) is 31.7 Å². The highest BCUT2D eigenvalue weighted by molar-refractivity contribution is 5.92. The van der Waals surface area contributed by atoms with Gasteiger partial charge in [-0.2, -0.15) is 0 Å². The van der Waals surface area contributed by atoms with Gasteiger partial charge in [-0.25, -0.2) is 0 Å². The lowest BCUT2D eigenvalue weighted by atomic mass is 9.97. The Kier molecular flexibility index (Phi) is 18.1. The number of carbonyl (C=O) groups excluding carboxylic acids is 3. The fourth-order valence-electron chi connectivity index (χ4n) is 4.05. The minimum absolute atomic E-state index is 0.0217. The van der Waals surface area contributed by atoms with Gasteiger partial charge in [-0.05, 0) is 44.9 Å². The molecule has 0 fully saturated rings. The van der Waals surface area contributed by atoms with Crippen molar-refractivity contribution in [1.29, 1.82) is 0 Å². The minimum Gasteiger partial charge on any atom is -0.481 e. The summed E-state index contributed by atoms with van der Waals surface area (Å²) in [5.41, 5.74) is 0.888. The van der Waals surface area contributed by atoms with Gasteiger partial charge in [0.05, 0.1) is 0 Å². The summed E-state index contributed by atoms with van der Waals surface area (Å²) in [6.07, 6.45) is 2.69. The third kappa shape index (κ3) is 15.0. The number of rotatable bonds is 21. The van der Waals surface area contributed by atoms with Crippen molar-refractivity contribution >= 4 is 23.7 Å². The molecule has 0 aromatic carbocycles. The highest BCUT2D eigenvalue weighted by atomic mass is 16.4. The molecule has 0 spiro atoms. The molecular weight excluding hydrogens is 486 g/mol. The molecule has 0 saturated heterocycles. The van der Waals surface area contributed by atoms with E-state index in [1.54, 1.807) is 0 Å². The van der Waals surface area contributed by atoms with Crippen LogP contribution < -0.4 is 26.6 Å². The summed E-state index contributed by atoms with van der Waals surface area (Å²) in [5.74, 6) is -1.80. The first-order valence-electron chi connectivity index (χ1n) is 14.1. The number of carboxylic acid groups (broad SMARTS) is 1. The van der Waals surface area contributed by atoms with Gasteiger partial charge in [0.25, 0.3) is 0 Å². The highest BCUT2D eigenvalue weighted by Crippen LogP contribution is 2.11. The smallest absolute Gasteiger partial charge is 0.303 e. The van der Waals surface area contributed by atoms with Crippen LogP contribution in [0.25, 0.3) is 0 Å². The Morgan fingerprint density at radius 1 is 0.895 bits per heavy atom. The lowest BCUT2D eigenvalue weighted by Gasteiger charge is -2.29. The molecule has 38 heavy (non-hydrogen) atoms. The number of hydrogen-bond donors (Lipinski definition) is 6. The minimum atomic E-state index is -0.967. The zero-order valence-electron chi connectivity index (χ0n) is 24.6. The molecule has 0 bridgehead atoms. The molecule has 10 nitrogen and oxygen atoms in total. The quantitative estimate of drug-likeness (QED) is 0.131. The zero-order valence-corrected chi connectivity index (χ0v) is 24.6. The van der Waals surface area contributed by atoms with E-state index in [4.69, 9.17) is 5.11 Å². The van der Waals surface area contributed by atoms with Crippen molar-refractivity contribution in [2.45, 2.75) is 118 Å². The average molecular weight is 540 g/mol. The summed E-state index contributed by atoms with van der Waals surface area (Å²) in [7, 11) is 0. The van der Waals surface area contributed by atoms with E-state index >= 15 is 0 Å². The molecule has 5 atom stereocenters.